The van der Waals surface area contributed by atoms with Crippen molar-refractivity contribution >= 4 is 19.0 Å². The first-order chi connectivity index (χ1) is 6.27. The van der Waals surface area contributed by atoms with E-state index >= 15 is 0 Å². The number of hydrogen-bond donors (Lipinski definition) is 0. The van der Waals surface area contributed by atoms with Crippen LogP contribution in [0.5, 0.6) is 0 Å². The molecular weight excluding hydrogens is 219 g/mol. The molecule has 0 atom stereocenters. The van der Waals surface area contributed by atoms with E-state index in [1.807, 2.05) is 0 Å². The Labute approximate surface area is 84.9 Å². The van der Waals surface area contributed by atoms with Crippen molar-refractivity contribution in [1.29, 1.82) is 0 Å². The van der Waals surface area contributed by atoms with Gasteiger partial charge in [0.1, 0.15) is 0 Å². The van der Waals surface area contributed by atoms with Crippen molar-refractivity contribution < 1.29 is 0 Å². The molecule has 1 aromatic rings. The molecule has 0 aliphatic carbocycles. The predicted octanol–water partition coefficient (Wildman–Crippen LogP) is 2.74. The Morgan fingerprint density at radius 2 is 1.46 bits per heavy atom. The van der Waals surface area contributed by atoms with E-state index in [1.54, 1.807) is 15.5 Å². The molecule has 0 saturated heterocycles. The molecule has 68 valence electrons. The molecule has 0 bridgehead atoms. The monoisotopic (exact) mass is 234 g/mol. The van der Waals surface area contributed by atoms with Crippen LogP contribution in [-0.4, -0.2) is 14.7 Å². The molecule has 0 fully saturated rings. The summed E-state index contributed by atoms with van der Waals surface area (Å²) in [7, 11) is 0. The van der Waals surface area contributed by atoms with Gasteiger partial charge in [-0.15, -0.1) is 0 Å². The van der Waals surface area contributed by atoms with Crippen molar-refractivity contribution in [2.75, 3.05) is 0 Å². The van der Waals surface area contributed by atoms with Gasteiger partial charge in [0.2, 0.25) is 0 Å². The molecule has 0 nitrogen and oxygen atoms in total. The standard InChI is InChI=1S/C12H15As/c1-10-8-13(9-11(10)2)12-6-4-3-5-7-12/h3-7H,8-9H2,1-2H3. The van der Waals surface area contributed by atoms with Crippen LogP contribution < -0.4 is 4.35 Å². The van der Waals surface area contributed by atoms with E-state index in [0.29, 0.717) is 0 Å². The molecule has 1 aliphatic rings. The van der Waals surface area contributed by atoms with Crippen LogP contribution in [0.15, 0.2) is 41.5 Å². The second-order valence-corrected chi connectivity index (χ2v) is 8.43. The fourth-order valence-electron chi connectivity index (χ4n) is 1.72. The second kappa shape index (κ2) is 3.72. The molecule has 0 aromatic heterocycles. The molecule has 13 heavy (non-hydrogen) atoms. The normalized spacial score (nSPS) is 18.3. The number of hydrogen-bond acceptors (Lipinski definition) is 0. The summed E-state index contributed by atoms with van der Waals surface area (Å²) >= 11 is -0.698. The Bertz CT molecular complexity index is 310. The van der Waals surface area contributed by atoms with Crippen molar-refractivity contribution in [2.24, 2.45) is 0 Å². The summed E-state index contributed by atoms with van der Waals surface area (Å²) in [5.74, 6) is 0. The molecular formula is C12H15As. The molecule has 0 spiro atoms. The molecule has 1 heteroatoms. The summed E-state index contributed by atoms with van der Waals surface area (Å²) in [4.78, 5) is 0. The summed E-state index contributed by atoms with van der Waals surface area (Å²) in [6, 6.07) is 11.1. The predicted molar refractivity (Wildman–Crippen MR) is 59.8 cm³/mol. The summed E-state index contributed by atoms with van der Waals surface area (Å²) in [6.07, 6.45) is 0. The molecule has 0 N–H and O–H groups in total. The van der Waals surface area contributed by atoms with Crippen LogP contribution >= 0.6 is 0 Å². The van der Waals surface area contributed by atoms with Crippen molar-refractivity contribution in [3.05, 3.63) is 41.5 Å². The van der Waals surface area contributed by atoms with Crippen LogP contribution in [0.25, 0.3) is 0 Å². The van der Waals surface area contributed by atoms with Gasteiger partial charge in [-0.1, -0.05) is 0 Å². The number of benzene rings is 1. The van der Waals surface area contributed by atoms with E-state index in [9.17, 15) is 0 Å². The van der Waals surface area contributed by atoms with Gasteiger partial charge in [0.25, 0.3) is 0 Å². The molecule has 1 aliphatic heterocycles. The molecule has 0 amide bonds. The summed E-state index contributed by atoms with van der Waals surface area (Å²) in [5.41, 5.74) is 3.31. The average molecular weight is 234 g/mol. The van der Waals surface area contributed by atoms with Crippen LogP contribution in [0.3, 0.4) is 0 Å². The van der Waals surface area contributed by atoms with Crippen LogP contribution in [0.1, 0.15) is 13.8 Å². The zero-order valence-electron chi connectivity index (χ0n) is 8.25. The first kappa shape index (κ1) is 9.09. The fraction of sp³-hybridized carbons (Fsp3) is 0.333. The van der Waals surface area contributed by atoms with Gasteiger partial charge in [-0.3, -0.25) is 0 Å². The van der Waals surface area contributed by atoms with E-state index in [2.05, 4.69) is 44.2 Å². The first-order valence-corrected chi connectivity index (χ1v) is 8.32. The minimum atomic E-state index is -0.698. The summed E-state index contributed by atoms with van der Waals surface area (Å²) < 4.78 is 1.64. The van der Waals surface area contributed by atoms with Gasteiger partial charge in [0, 0.05) is 0 Å². The summed E-state index contributed by atoms with van der Waals surface area (Å²) in [6.45, 7) is 4.60. The Balaban J connectivity index is 2.16. The maximum absolute atomic E-state index is 2.31. The summed E-state index contributed by atoms with van der Waals surface area (Å²) in [5, 5.41) is 2.81. The van der Waals surface area contributed by atoms with Gasteiger partial charge < -0.3 is 0 Å². The van der Waals surface area contributed by atoms with Gasteiger partial charge in [-0.2, -0.15) is 0 Å². The van der Waals surface area contributed by atoms with E-state index < -0.39 is 14.7 Å². The van der Waals surface area contributed by atoms with Crippen LogP contribution in [0.4, 0.5) is 0 Å². The first-order valence-electron chi connectivity index (χ1n) is 4.72. The topological polar surface area (TPSA) is 0 Å². The maximum atomic E-state index is 2.31. The second-order valence-electron chi connectivity index (χ2n) is 3.75. The Morgan fingerprint density at radius 1 is 0.923 bits per heavy atom. The van der Waals surface area contributed by atoms with Crippen molar-refractivity contribution in [1.82, 2.24) is 0 Å². The quantitative estimate of drug-likeness (QED) is 0.517. The fourth-order valence-corrected chi connectivity index (χ4v) is 7.50. The average Bonchev–Trinajstić information content (AvgIpc) is 2.49. The van der Waals surface area contributed by atoms with Crippen LogP contribution in [-0.2, 0) is 0 Å². The van der Waals surface area contributed by atoms with E-state index in [4.69, 9.17) is 0 Å². The molecule has 2 rings (SSSR count). The molecule has 0 radical (unpaired) electrons. The Kier molecular flexibility index (Phi) is 2.60. The van der Waals surface area contributed by atoms with Crippen LogP contribution in [0.2, 0.25) is 10.4 Å². The Hall–Kier alpha value is -0.482. The zero-order chi connectivity index (χ0) is 9.26. The van der Waals surface area contributed by atoms with E-state index in [-0.39, 0.29) is 0 Å². The third kappa shape index (κ3) is 1.89. The Morgan fingerprint density at radius 3 is 2.00 bits per heavy atom. The van der Waals surface area contributed by atoms with E-state index in [0.717, 1.165) is 0 Å². The van der Waals surface area contributed by atoms with Gasteiger partial charge in [-0.25, -0.2) is 0 Å². The van der Waals surface area contributed by atoms with Crippen molar-refractivity contribution in [3.63, 3.8) is 0 Å². The minimum absolute atomic E-state index is 0.698. The number of allylic oxidation sites excluding steroid dienone is 2. The third-order valence-electron chi connectivity index (χ3n) is 2.71. The SMILES string of the molecule is CC1=C(C)C[As](c2ccccc2)C1. The molecule has 1 aromatic carbocycles. The van der Waals surface area contributed by atoms with Gasteiger partial charge in [0.05, 0.1) is 0 Å². The van der Waals surface area contributed by atoms with Gasteiger partial charge in [0.15, 0.2) is 0 Å². The molecule has 1 heterocycles. The van der Waals surface area contributed by atoms with Crippen molar-refractivity contribution in [2.45, 2.75) is 24.3 Å². The molecule has 0 unspecified atom stereocenters. The van der Waals surface area contributed by atoms with Gasteiger partial charge in [-0.05, 0) is 0 Å². The van der Waals surface area contributed by atoms with Gasteiger partial charge >= 0.3 is 84.7 Å². The van der Waals surface area contributed by atoms with Crippen molar-refractivity contribution in [3.8, 4) is 0 Å². The van der Waals surface area contributed by atoms with Crippen LogP contribution in [0, 0.1) is 0 Å². The van der Waals surface area contributed by atoms with E-state index in [1.165, 1.54) is 10.4 Å². The zero-order valence-corrected chi connectivity index (χ0v) is 10.1. The third-order valence-corrected chi connectivity index (χ3v) is 8.46. The number of rotatable bonds is 1. The molecule has 0 saturated carbocycles.